The standard InChI is InChI=1S/C25H30ClN3O2/c1-4-27-24-14-13-20(28(5-2)6-3)16-19(24)17-29(18-21-10-9-15-31-21)25(30)22-11-7-8-12-23(22)26/h7-16,27H,4-6,17-18H2,1-3H3. The van der Waals surface area contributed by atoms with Crippen LogP contribution in [-0.4, -0.2) is 30.4 Å². The first-order valence-electron chi connectivity index (χ1n) is 10.7. The third-order valence-electron chi connectivity index (χ3n) is 5.26. The maximum Gasteiger partial charge on any atom is 0.256 e. The van der Waals surface area contributed by atoms with Gasteiger partial charge in [-0.25, -0.2) is 0 Å². The van der Waals surface area contributed by atoms with Crippen LogP contribution in [0.25, 0.3) is 0 Å². The highest BCUT2D eigenvalue weighted by Gasteiger charge is 2.21. The number of anilines is 2. The van der Waals surface area contributed by atoms with Crippen LogP contribution in [0.2, 0.25) is 5.02 Å². The van der Waals surface area contributed by atoms with Crippen LogP contribution >= 0.6 is 11.6 Å². The number of furan rings is 1. The molecule has 1 heterocycles. The smallest absolute Gasteiger partial charge is 0.256 e. The Kier molecular flexibility index (Phi) is 8.01. The average Bonchev–Trinajstić information content (AvgIpc) is 3.29. The average molecular weight is 440 g/mol. The number of nitrogens with zero attached hydrogens (tertiary/aromatic N) is 2. The van der Waals surface area contributed by atoms with Crippen LogP contribution in [-0.2, 0) is 13.1 Å². The molecule has 5 nitrogen and oxygen atoms in total. The summed E-state index contributed by atoms with van der Waals surface area (Å²) in [5, 5.41) is 3.87. The molecule has 2 aromatic carbocycles. The van der Waals surface area contributed by atoms with E-state index in [1.165, 1.54) is 0 Å². The number of carbonyl (C=O) groups excluding carboxylic acids is 1. The number of halogens is 1. The highest BCUT2D eigenvalue weighted by Crippen LogP contribution is 2.27. The summed E-state index contributed by atoms with van der Waals surface area (Å²) >= 11 is 6.34. The second-order valence-corrected chi connectivity index (χ2v) is 7.67. The second-order valence-electron chi connectivity index (χ2n) is 7.26. The minimum atomic E-state index is -0.127. The molecule has 1 amide bonds. The van der Waals surface area contributed by atoms with Gasteiger partial charge in [0.1, 0.15) is 5.76 Å². The molecular weight excluding hydrogens is 410 g/mol. The minimum Gasteiger partial charge on any atom is -0.467 e. The molecule has 1 aromatic heterocycles. The fourth-order valence-electron chi connectivity index (χ4n) is 3.66. The molecule has 0 radical (unpaired) electrons. The van der Waals surface area contributed by atoms with Gasteiger partial charge in [0, 0.05) is 37.6 Å². The van der Waals surface area contributed by atoms with Crippen LogP contribution in [0.4, 0.5) is 11.4 Å². The lowest BCUT2D eigenvalue weighted by Gasteiger charge is -2.26. The van der Waals surface area contributed by atoms with E-state index in [4.69, 9.17) is 16.0 Å². The number of hydrogen-bond acceptors (Lipinski definition) is 4. The molecule has 3 rings (SSSR count). The summed E-state index contributed by atoms with van der Waals surface area (Å²) < 4.78 is 5.54. The number of nitrogens with one attached hydrogen (secondary N) is 1. The predicted molar refractivity (Wildman–Crippen MR) is 128 cm³/mol. The quantitative estimate of drug-likeness (QED) is 0.417. The van der Waals surface area contributed by atoms with Crippen molar-refractivity contribution in [1.82, 2.24) is 4.90 Å². The van der Waals surface area contributed by atoms with Gasteiger partial charge >= 0.3 is 0 Å². The predicted octanol–water partition coefficient (Wildman–Crippen LogP) is 6.05. The van der Waals surface area contributed by atoms with Crippen LogP contribution < -0.4 is 10.2 Å². The Hall–Kier alpha value is -2.92. The normalized spacial score (nSPS) is 10.7. The zero-order valence-electron chi connectivity index (χ0n) is 18.4. The van der Waals surface area contributed by atoms with E-state index in [9.17, 15) is 4.79 Å². The molecule has 31 heavy (non-hydrogen) atoms. The van der Waals surface area contributed by atoms with E-state index >= 15 is 0 Å². The van der Waals surface area contributed by atoms with Crippen molar-refractivity contribution < 1.29 is 9.21 Å². The Labute approximate surface area is 189 Å². The lowest BCUT2D eigenvalue weighted by Crippen LogP contribution is -2.31. The van der Waals surface area contributed by atoms with Crippen molar-refractivity contribution in [3.05, 3.63) is 82.8 Å². The van der Waals surface area contributed by atoms with Crippen molar-refractivity contribution in [2.45, 2.75) is 33.9 Å². The van der Waals surface area contributed by atoms with E-state index in [-0.39, 0.29) is 5.91 Å². The molecular formula is C25H30ClN3O2. The van der Waals surface area contributed by atoms with Crippen LogP contribution in [0.1, 0.15) is 42.5 Å². The molecule has 0 saturated heterocycles. The topological polar surface area (TPSA) is 48.7 Å². The molecule has 0 bridgehead atoms. The lowest BCUT2D eigenvalue weighted by molar-refractivity contribution is 0.0718. The molecule has 0 aliphatic carbocycles. The Balaban J connectivity index is 1.98. The number of amides is 1. The first kappa shape index (κ1) is 22.8. The Morgan fingerprint density at radius 2 is 1.77 bits per heavy atom. The van der Waals surface area contributed by atoms with Gasteiger partial charge in [0.25, 0.3) is 5.91 Å². The van der Waals surface area contributed by atoms with Crippen molar-refractivity contribution in [2.24, 2.45) is 0 Å². The monoisotopic (exact) mass is 439 g/mol. The van der Waals surface area contributed by atoms with E-state index in [0.29, 0.717) is 23.7 Å². The van der Waals surface area contributed by atoms with Gasteiger partial charge < -0.3 is 19.5 Å². The summed E-state index contributed by atoms with van der Waals surface area (Å²) in [5.41, 5.74) is 3.71. The first-order chi connectivity index (χ1) is 15.1. The SMILES string of the molecule is CCNc1ccc(N(CC)CC)cc1CN(Cc1ccco1)C(=O)c1ccccc1Cl. The van der Waals surface area contributed by atoms with Crippen LogP contribution in [0.3, 0.4) is 0 Å². The fraction of sp³-hybridized carbons (Fsp3) is 0.320. The van der Waals surface area contributed by atoms with E-state index < -0.39 is 0 Å². The molecule has 0 unspecified atom stereocenters. The maximum atomic E-state index is 13.5. The molecule has 0 atom stereocenters. The first-order valence-corrected chi connectivity index (χ1v) is 11.1. The van der Waals surface area contributed by atoms with Crippen LogP contribution in [0.5, 0.6) is 0 Å². The van der Waals surface area contributed by atoms with Crippen molar-refractivity contribution >= 4 is 28.9 Å². The molecule has 6 heteroatoms. The molecule has 164 valence electrons. The minimum absolute atomic E-state index is 0.127. The third kappa shape index (κ3) is 5.61. The molecule has 0 saturated carbocycles. The van der Waals surface area contributed by atoms with Gasteiger partial charge in [-0.3, -0.25) is 4.79 Å². The number of benzene rings is 2. The number of rotatable bonds is 10. The summed E-state index contributed by atoms with van der Waals surface area (Å²) in [6.45, 7) is 9.79. The van der Waals surface area contributed by atoms with Crippen molar-refractivity contribution in [1.29, 1.82) is 0 Å². The zero-order chi connectivity index (χ0) is 22.2. The Morgan fingerprint density at radius 1 is 1.00 bits per heavy atom. The van der Waals surface area contributed by atoms with Gasteiger partial charge in [-0.1, -0.05) is 23.7 Å². The van der Waals surface area contributed by atoms with Crippen LogP contribution in [0, 0.1) is 0 Å². The summed E-state index contributed by atoms with van der Waals surface area (Å²) in [6.07, 6.45) is 1.62. The van der Waals surface area contributed by atoms with Crippen molar-refractivity contribution in [3.63, 3.8) is 0 Å². The molecule has 0 fully saturated rings. The third-order valence-corrected chi connectivity index (χ3v) is 5.59. The van der Waals surface area contributed by atoms with E-state index in [0.717, 1.165) is 42.3 Å². The summed E-state index contributed by atoms with van der Waals surface area (Å²) in [5.74, 6) is 0.600. The van der Waals surface area contributed by atoms with Gasteiger partial charge in [-0.05, 0) is 68.8 Å². The number of hydrogen-bond donors (Lipinski definition) is 1. The van der Waals surface area contributed by atoms with E-state index in [2.05, 4.69) is 49.2 Å². The molecule has 0 aliphatic heterocycles. The summed E-state index contributed by atoms with van der Waals surface area (Å²) in [7, 11) is 0. The maximum absolute atomic E-state index is 13.5. The van der Waals surface area contributed by atoms with Gasteiger partial charge in [0.15, 0.2) is 0 Å². The molecule has 0 spiro atoms. The second kappa shape index (κ2) is 10.9. The molecule has 3 aromatic rings. The Morgan fingerprint density at radius 3 is 2.42 bits per heavy atom. The van der Waals surface area contributed by atoms with Crippen molar-refractivity contribution in [3.8, 4) is 0 Å². The highest BCUT2D eigenvalue weighted by atomic mass is 35.5. The largest absolute Gasteiger partial charge is 0.467 e. The zero-order valence-corrected chi connectivity index (χ0v) is 19.2. The van der Waals surface area contributed by atoms with E-state index in [1.807, 2.05) is 24.3 Å². The highest BCUT2D eigenvalue weighted by molar-refractivity contribution is 6.33. The number of carbonyl (C=O) groups is 1. The van der Waals surface area contributed by atoms with Crippen molar-refractivity contribution in [2.75, 3.05) is 29.9 Å². The van der Waals surface area contributed by atoms with Crippen LogP contribution in [0.15, 0.2) is 65.3 Å². The van der Waals surface area contributed by atoms with E-state index in [1.54, 1.807) is 23.3 Å². The fourth-order valence-corrected chi connectivity index (χ4v) is 3.88. The molecule has 0 aliphatic rings. The van der Waals surface area contributed by atoms with Gasteiger partial charge in [-0.2, -0.15) is 0 Å². The van der Waals surface area contributed by atoms with Gasteiger partial charge in [0.05, 0.1) is 23.4 Å². The lowest BCUT2D eigenvalue weighted by atomic mass is 10.1. The molecule has 1 N–H and O–H groups in total. The summed E-state index contributed by atoms with van der Waals surface area (Å²) in [4.78, 5) is 17.5. The van der Waals surface area contributed by atoms with Gasteiger partial charge in [-0.15, -0.1) is 0 Å². The summed E-state index contributed by atoms with van der Waals surface area (Å²) in [6, 6.07) is 17.3. The van der Waals surface area contributed by atoms with Gasteiger partial charge in [0.2, 0.25) is 0 Å². The Bertz CT molecular complexity index is 984.